The molecule has 2 aromatic rings. The van der Waals surface area contributed by atoms with Crippen molar-refractivity contribution in [2.75, 3.05) is 7.11 Å². The molecule has 2 rings (SSSR count). The third-order valence-electron chi connectivity index (χ3n) is 2.57. The molecule has 1 heterocycles. The highest BCUT2D eigenvalue weighted by Crippen LogP contribution is 2.33. The number of rotatable bonds is 5. The van der Waals surface area contributed by atoms with Crippen LogP contribution in [0.2, 0.25) is 0 Å². The minimum Gasteiger partial charge on any atom is -0.493 e. The van der Waals surface area contributed by atoms with Crippen LogP contribution in [0.3, 0.4) is 0 Å². The maximum absolute atomic E-state index is 10.7. The fourth-order valence-electron chi connectivity index (χ4n) is 1.59. The Morgan fingerprint density at radius 1 is 1.33 bits per heavy atom. The molecule has 0 fully saturated rings. The van der Waals surface area contributed by atoms with Crippen molar-refractivity contribution in [3.63, 3.8) is 0 Å². The van der Waals surface area contributed by atoms with Gasteiger partial charge in [0.25, 0.3) is 5.69 Å². The van der Waals surface area contributed by atoms with Crippen LogP contribution in [-0.2, 0) is 0 Å². The van der Waals surface area contributed by atoms with Gasteiger partial charge in [0.05, 0.1) is 18.1 Å². The first-order valence-electron chi connectivity index (χ1n) is 5.83. The minimum atomic E-state index is -0.527. The van der Waals surface area contributed by atoms with Crippen molar-refractivity contribution in [1.82, 2.24) is 4.98 Å². The Labute approximate surface area is 119 Å². The number of methoxy groups -OCH3 is 1. The first kappa shape index (κ1) is 14.3. The monoisotopic (exact) mass is 288 g/mol. The molecular weight excluding hydrogens is 276 g/mol. The van der Waals surface area contributed by atoms with E-state index in [0.29, 0.717) is 0 Å². The van der Waals surface area contributed by atoms with Gasteiger partial charge < -0.3 is 15.2 Å². The van der Waals surface area contributed by atoms with Crippen LogP contribution in [0.1, 0.15) is 5.69 Å². The summed E-state index contributed by atoms with van der Waals surface area (Å²) in [5, 5.41) is 18.0. The highest BCUT2D eigenvalue weighted by atomic mass is 16.6. The van der Waals surface area contributed by atoms with Gasteiger partial charge in [-0.15, -0.1) is 0 Å². The second-order valence-corrected chi connectivity index (χ2v) is 3.97. The molecule has 0 bridgehead atoms. The highest BCUT2D eigenvalue weighted by molar-refractivity contribution is 5.93. The van der Waals surface area contributed by atoms with Crippen LogP contribution in [0.4, 0.5) is 5.69 Å². The lowest BCUT2D eigenvalue weighted by Gasteiger charge is -2.09. The normalized spacial score (nSPS) is 9.95. The van der Waals surface area contributed by atoms with Gasteiger partial charge in [0.2, 0.25) is 5.88 Å². The van der Waals surface area contributed by atoms with E-state index >= 15 is 0 Å². The van der Waals surface area contributed by atoms with Gasteiger partial charge in [-0.3, -0.25) is 15.5 Å². The Balaban J connectivity index is 2.33. The molecule has 8 heteroatoms. The number of pyridine rings is 1. The van der Waals surface area contributed by atoms with E-state index in [9.17, 15) is 10.1 Å². The number of benzene rings is 1. The number of ether oxygens (including phenoxy) is 2. The fraction of sp³-hybridized carbons (Fsp3) is 0.0769. The maximum atomic E-state index is 10.7. The van der Waals surface area contributed by atoms with Gasteiger partial charge in [-0.25, -0.2) is 4.98 Å². The number of hydrogen-bond donors (Lipinski definition) is 2. The van der Waals surface area contributed by atoms with E-state index < -0.39 is 4.92 Å². The second kappa shape index (κ2) is 5.87. The zero-order valence-corrected chi connectivity index (χ0v) is 11.1. The average molecular weight is 288 g/mol. The van der Waals surface area contributed by atoms with E-state index in [1.165, 1.54) is 25.3 Å². The molecular formula is C13H12N4O4. The number of hydrogen-bond acceptors (Lipinski definition) is 6. The summed E-state index contributed by atoms with van der Waals surface area (Å²) >= 11 is 0. The quantitative estimate of drug-likeness (QED) is 0.375. The lowest BCUT2D eigenvalue weighted by Crippen LogP contribution is -2.13. The smallest absolute Gasteiger partial charge is 0.273 e. The fourth-order valence-corrected chi connectivity index (χ4v) is 1.59. The topological polar surface area (TPSA) is 124 Å². The van der Waals surface area contributed by atoms with Gasteiger partial charge in [0, 0.05) is 12.1 Å². The number of non-ortho nitro benzene ring substituents is 1. The number of amidine groups is 1. The average Bonchev–Trinajstić information content (AvgIpc) is 2.47. The Bertz CT molecular complexity index is 702. The summed E-state index contributed by atoms with van der Waals surface area (Å²) in [6.45, 7) is 0. The van der Waals surface area contributed by atoms with Gasteiger partial charge in [-0.05, 0) is 12.1 Å². The third-order valence-corrected chi connectivity index (χ3v) is 2.57. The SMILES string of the molecule is COc1cc([N+](=O)[O-])ccc1Oc1cccc(C(=N)N)n1. The number of nitro benzene ring substituents is 1. The van der Waals surface area contributed by atoms with E-state index in [0.717, 1.165) is 0 Å². The molecule has 1 aromatic carbocycles. The summed E-state index contributed by atoms with van der Waals surface area (Å²) in [7, 11) is 1.38. The van der Waals surface area contributed by atoms with Crippen molar-refractivity contribution in [2.24, 2.45) is 5.73 Å². The molecule has 8 nitrogen and oxygen atoms in total. The summed E-state index contributed by atoms with van der Waals surface area (Å²) in [5.74, 6) is 0.501. The van der Waals surface area contributed by atoms with Crippen LogP contribution in [0.5, 0.6) is 17.4 Å². The largest absolute Gasteiger partial charge is 0.493 e. The molecule has 0 saturated carbocycles. The molecule has 0 aliphatic carbocycles. The molecule has 0 amide bonds. The molecule has 0 unspecified atom stereocenters. The zero-order chi connectivity index (χ0) is 15.4. The maximum Gasteiger partial charge on any atom is 0.273 e. The molecule has 0 aliphatic rings. The third kappa shape index (κ3) is 3.24. The summed E-state index contributed by atoms with van der Waals surface area (Å²) in [4.78, 5) is 14.2. The molecule has 3 N–H and O–H groups in total. The molecule has 0 aliphatic heterocycles. The lowest BCUT2D eigenvalue weighted by atomic mass is 10.3. The van der Waals surface area contributed by atoms with Gasteiger partial charge in [-0.2, -0.15) is 0 Å². The van der Waals surface area contributed by atoms with Crippen molar-refractivity contribution in [3.8, 4) is 17.4 Å². The van der Waals surface area contributed by atoms with E-state index in [1.807, 2.05) is 0 Å². The first-order chi connectivity index (χ1) is 10.0. The number of nitrogens with one attached hydrogen (secondary N) is 1. The van der Waals surface area contributed by atoms with Gasteiger partial charge in [-0.1, -0.05) is 6.07 Å². The van der Waals surface area contributed by atoms with Crippen LogP contribution < -0.4 is 15.2 Å². The van der Waals surface area contributed by atoms with Crippen molar-refractivity contribution in [1.29, 1.82) is 5.41 Å². The molecule has 0 atom stereocenters. The Kier molecular flexibility index (Phi) is 3.98. The molecule has 0 spiro atoms. The van der Waals surface area contributed by atoms with Crippen LogP contribution in [0.15, 0.2) is 36.4 Å². The number of nitro groups is 1. The molecule has 0 radical (unpaired) electrons. The van der Waals surface area contributed by atoms with E-state index in [-0.39, 0.29) is 34.6 Å². The van der Waals surface area contributed by atoms with Crippen molar-refractivity contribution >= 4 is 11.5 Å². The minimum absolute atomic E-state index is 0.107. The molecule has 1 aromatic heterocycles. The van der Waals surface area contributed by atoms with E-state index in [4.69, 9.17) is 20.6 Å². The number of aromatic nitrogens is 1. The molecule has 21 heavy (non-hydrogen) atoms. The standard InChI is InChI=1S/C13H12N4O4/c1-20-11-7-8(17(18)19)5-6-10(11)21-12-4-2-3-9(16-12)13(14)15/h2-7H,1H3,(H3,14,15). The predicted octanol–water partition coefficient (Wildman–Crippen LogP) is 2.07. The second-order valence-electron chi connectivity index (χ2n) is 3.97. The van der Waals surface area contributed by atoms with Crippen LogP contribution in [0.25, 0.3) is 0 Å². The molecule has 0 saturated heterocycles. The van der Waals surface area contributed by atoms with Crippen LogP contribution in [-0.4, -0.2) is 22.9 Å². The van der Waals surface area contributed by atoms with Gasteiger partial charge in [0.15, 0.2) is 11.5 Å². The summed E-state index contributed by atoms with van der Waals surface area (Å²) in [6, 6.07) is 8.75. The zero-order valence-electron chi connectivity index (χ0n) is 11.1. The highest BCUT2D eigenvalue weighted by Gasteiger charge is 2.13. The van der Waals surface area contributed by atoms with Crippen molar-refractivity contribution < 1.29 is 14.4 Å². The van der Waals surface area contributed by atoms with Crippen molar-refractivity contribution in [2.45, 2.75) is 0 Å². The van der Waals surface area contributed by atoms with Crippen LogP contribution in [0, 0.1) is 15.5 Å². The van der Waals surface area contributed by atoms with Gasteiger partial charge in [0.1, 0.15) is 11.5 Å². The van der Waals surface area contributed by atoms with Gasteiger partial charge >= 0.3 is 0 Å². The number of nitrogen functional groups attached to an aromatic ring is 1. The Morgan fingerprint density at radius 2 is 2.10 bits per heavy atom. The summed E-state index contributed by atoms with van der Waals surface area (Å²) in [5.41, 5.74) is 5.52. The Hall–Kier alpha value is -3.16. The van der Waals surface area contributed by atoms with E-state index in [2.05, 4.69) is 4.98 Å². The van der Waals surface area contributed by atoms with Crippen LogP contribution >= 0.6 is 0 Å². The summed E-state index contributed by atoms with van der Waals surface area (Å²) < 4.78 is 10.6. The summed E-state index contributed by atoms with van der Waals surface area (Å²) in [6.07, 6.45) is 0. The Morgan fingerprint density at radius 3 is 2.71 bits per heavy atom. The lowest BCUT2D eigenvalue weighted by molar-refractivity contribution is -0.384. The molecule has 108 valence electrons. The number of nitrogens with two attached hydrogens (primary N) is 1. The first-order valence-corrected chi connectivity index (χ1v) is 5.83. The predicted molar refractivity (Wildman–Crippen MR) is 75.0 cm³/mol. The number of nitrogens with zero attached hydrogens (tertiary/aromatic N) is 2. The van der Waals surface area contributed by atoms with Crippen molar-refractivity contribution in [3.05, 3.63) is 52.2 Å². The van der Waals surface area contributed by atoms with E-state index in [1.54, 1.807) is 18.2 Å².